The molecule has 0 aromatic carbocycles. The molecule has 0 aromatic heterocycles. The van der Waals surface area contributed by atoms with Gasteiger partial charge in [0.15, 0.2) is 5.96 Å². The van der Waals surface area contributed by atoms with Gasteiger partial charge in [0, 0.05) is 19.1 Å². The molecule has 0 bridgehead atoms. The van der Waals surface area contributed by atoms with E-state index in [9.17, 15) is 0 Å². The van der Waals surface area contributed by atoms with Crippen LogP contribution in [0.5, 0.6) is 0 Å². The van der Waals surface area contributed by atoms with Gasteiger partial charge in [0.2, 0.25) is 0 Å². The Morgan fingerprint density at radius 3 is 2.40 bits per heavy atom. The highest BCUT2D eigenvalue weighted by Gasteiger charge is 2.43. The lowest BCUT2D eigenvalue weighted by Crippen LogP contribution is -2.44. The Balaban J connectivity index is 0.00000147. The van der Waals surface area contributed by atoms with Gasteiger partial charge in [-0.25, -0.2) is 0 Å². The number of nitrogens with one attached hydrogen (secondary N) is 2. The fourth-order valence-corrected chi connectivity index (χ4v) is 3.74. The predicted octanol–water partition coefficient (Wildman–Crippen LogP) is 3.46. The van der Waals surface area contributed by atoms with Crippen LogP contribution in [-0.4, -0.2) is 25.1 Å². The normalized spacial score (nSPS) is 30.9. The molecule has 0 aliphatic heterocycles. The van der Waals surface area contributed by atoms with Gasteiger partial charge in [-0.2, -0.15) is 0 Å². The molecular formula is C16H28IN3. The zero-order valence-corrected chi connectivity index (χ0v) is 14.8. The van der Waals surface area contributed by atoms with Gasteiger partial charge in [-0.3, -0.25) is 4.99 Å². The minimum atomic E-state index is 0. The van der Waals surface area contributed by atoms with E-state index < -0.39 is 0 Å². The summed E-state index contributed by atoms with van der Waals surface area (Å²) in [5, 5.41) is 7.16. The Morgan fingerprint density at radius 1 is 1.05 bits per heavy atom. The van der Waals surface area contributed by atoms with Crippen LogP contribution in [0, 0.1) is 11.8 Å². The van der Waals surface area contributed by atoms with Crippen LogP contribution in [0.2, 0.25) is 0 Å². The van der Waals surface area contributed by atoms with Crippen LogP contribution in [0.4, 0.5) is 0 Å². The van der Waals surface area contributed by atoms with E-state index in [0.29, 0.717) is 12.1 Å². The molecule has 0 aromatic rings. The van der Waals surface area contributed by atoms with E-state index in [1.54, 1.807) is 0 Å². The van der Waals surface area contributed by atoms with Gasteiger partial charge in [-0.1, -0.05) is 44.3 Å². The lowest BCUT2D eigenvalue weighted by Gasteiger charge is -2.22. The van der Waals surface area contributed by atoms with Gasteiger partial charge in [-0.05, 0) is 31.1 Å². The van der Waals surface area contributed by atoms with Crippen molar-refractivity contribution in [3.05, 3.63) is 12.2 Å². The lowest BCUT2D eigenvalue weighted by molar-refractivity contribution is 0.315. The van der Waals surface area contributed by atoms with Crippen molar-refractivity contribution >= 4 is 29.9 Å². The summed E-state index contributed by atoms with van der Waals surface area (Å²) in [6, 6.07) is 1.24. The third kappa shape index (κ3) is 4.12. The number of aliphatic imine (C=N–C) groups is 1. The van der Waals surface area contributed by atoms with Crippen molar-refractivity contribution < 1.29 is 0 Å². The molecule has 2 saturated carbocycles. The summed E-state index contributed by atoms with van der Waals surface area (Å²) < 4.78 is 0. The number of halogens is 1. The maximum absolute atomic E-state index is 4.38. The first-order valence-corrected chi connectivity index (χ1v) is 8.01. The summed E-state index contributed by atoms with van der Waals surface area (Å²) in [7, 11) is 1.88. The number of nitrogens with zero attached hydrogens (tertiary/aromatic N) is 1. The Bertz CT molecular complexity index is 353. The molecule has 114 valence electrons. The van der Waals surface area contributed by atoms with Crippen molar-refractivity contribution in [1.29, 1.82) is 0 Å². The topological polar surface area (TPSA) is 36.4 Å². The number of hydrogen-bond acceptors (Lipinski definition) is 1. The smallest absolute Gasteiger partial charge is 0.191 e. The zero-order valence-electron chi connectivity index (χ0n) is 12.5. The van der Waals surface area contributed by atoms with Crippen molar-refractivity contribution in [2.24, 2.45) is 16.8 Å². The van der Waals surface area contributed by atoms with E-state index in [-0.39, 0.29) is 24.0 Å². The summed E-state index contributed by atoms with van der Waals surface area (Å²) in [4.78, 5) is 4.38. The highest BCUT2D eigenvalue weighted by Crippen LogP contribution is 2.44. The maximum atomic E-state index is 4.38. The van der Waals surface area contributed by atoms with Crippen LogP contribution in [0.15, 0.2) is 17.1 Å². The van der Waals surface area contributed by atoms with Crippen LogP contribution >= 0.6 is 24.0 Å². The fraction of sp³-hybridized carbons (Fsp3) is 0.812. The number of guanidine groups is 1. The van der Waals surface area contributed by atoms with Crippen LogP contribution in [0.25, 0.3) is 0 Å². The molecule has 0 spiro atoms. The quantitative estimate of drug-likeness (QED) is 0.336. The zero-order chi connectivity index (χ0) is 13.1. The molecule has 0 amide bonds. The van der Waals surface area contributed by atoms with Crippen molar-refractivity contribution in [1.82, 2.24) is 10.6 Å². The first-order valence-electron chi connectivity index (χ1n) is 8.01. The second kappa shape index (κ2) is 7.66. The summed E-state index contributed by atoms with van der Waals surface area (Å²) >= 11 is 0. The number of hydrogen-bond donors (Lipinski definition) is 2. The molecule has 20 heavy (non-hydrogen) atoms. The molecule has 2 N–H and O–H groups in total. The molecule has 0 saturated heterocycles. The summed E-state index contributed by atoms with van der Waals surface area (Å²) in [5.41, 5.74) is 0. The summed E-state index contributed by atoms with van der Waals surface area (Å²) in [6.45, 7) is 0. The van der Waals surface area contributed by atoms with Gasteiger partial charge < -0.3 is 10.6 Å². The second-order valence-electron chi connectivity index (χ2n) is 6.40. The third-order valence-electron chi connectivity index (χ3n) is 4.99. The molecule has 3 aliphatic rings. The van der Waals surface area contributed by atoms with E-state index in [0.717, 1.165) is 30.6 Å². The maximum Gasteiger partial charge on any atom is 0.191 e. The molecule has 0 radical (unpaired) electrons. The van der Waals surface area contributed by atoms with Crippen molar-refractivity contribution in [2.75, 3.05) is 7.05 Å². The van der Waals surface area contributed by atoms with Crippen molar-refractivity contribution in [3.63, 3.8) is 0 Å². The molecule has 3 aliphatic carbocycles. The number of rotatable bonds is 3. The highest BCUT2D eigenvalue weighted by molar-refractivity contribution is 14.0. The van der Waals surface area contributed by atoms with E-state index >= 15 is 0 Å². The molecule has 3 rings (SSSR count). The Labute approximate surface area is 140 Å². The molecule has 2 unspecified atom stereocenters. The second-order valence-corrected chi connectivity index (χ2v) is 6.40. The van der Waals surface area contributed by atoms with Gasteiger partial charge in [-0.15, -0.1) is 24.0 Å². The highest BCUT2D eigenvalue weighted by atomic mass is 127. The molecule has 2 fully saturated rings. The minimum absolute atomic E-state index is 0. The predicted molar refractivity (Wildman–Crippen MR) is 95.7 cm³/mol. The molecule has 0 heterocycles. The van der Waals surface area contributed by atoms with Crippen LogP contribution in [0.3, 0.4) is 0 Å². The third-order valence-corrected chi connectivity index (χ3v) is 4.99. The van der Waals surface area contributed by atoms with Gasteiger partial charge >= 0.3 is 0 Å². The molecular weight excluding hydrogens is 361 g/mol. The van der Waals surface area contributed by atoms with E-state index in [2.05, 4.69) is 27.8 Å². The summed E-state index contributed by atoms with van der Waals surface area (Å²) in [6.07, 6.45) is 15.4. The van der Waals surface area contributed by atoms with E-state index in [4.69, 9.17) is 0 Å². The van der Waals surface area contributed by atoms with Gasteiger partial charge in [0.05, 0.1) is 0 Å². The van der Waals surface area contributed by atoms with Crippen LogP contribution < -0.4 is 10.6 Å². The Hall–Kier alpha value is -0.260. The van der Waals surface area contributed by atoms with Crippen LogP contribution in [-0.2, 0) is 0 Å². The Morgan fingerprint density at radius 2 is 1.75 bits per heavy atom. The van der Waals surface area contributed by atoms with Crippen molar-refractivity contribution in [3.8, 4) is 0 Å². The van der Waals surface area contributed by atoms with Gasteiger partial charge in [0.25, 0.3) is 0 Å². The summed E-state index contributed by atoms with van der Waals surface area (Å²) in [5.74, 6) is 2.91. The fourth-order valence-electron chi connectivity index (χ4n) is 3.74. The molecule has 2 atom stereocenters. The average molecular weight is 389 g/mol. The molecule has 3 nitrogen and oxygen atoms in total. The first-order chi connectivity index (χ1) is 9.36. The monoisotopic (exact) mass is 389 g/mol. The lowest BCUT2D eigenvalue weighted by atomic mass is 9.85. The van der Waals surface area contributed by atoms with Gasteiger partial charge in [0.1, 0.15) is 0 Å². The van der Waals surface area contributed by atoms with E-state index in [1.807, 2.05) is 7.05 Å². The average Bonchev–Trinajstić information content (AvgIpc) is 3.03. The van der Waals surface area contributed by atoms with Crippen LogP contribution in [0.1, 0.15) is 51.4 Å². The van der Waals surface area contributed by atoms with E-state index in [1.165, 1.54) is 38.5 Å². The first kappa shape index (κ1) is 16.1. The minimum Gasteiger partial charge on any atom is -0.353 e. The molecule has 4 heteroatoms. The van der Waals surface area contributed by atoms with Crippen molar-refractivity contribution in [2.45, 2.75) is 63.5 Å². The largest absolute Gasteiger partial charge is 0.353 e. The Kier molecular flexibility index (Phi) is 6.18. The SMILES string of the molecule is CN=C(NC1CC=CC1)NC1CC1C1CCCCC1.I. The standard InChI is InChI=1S/C16H27N3.HI/c1-17-16(18-13-9-5-6-10-13)19-15-11-14(15)12-7-3-2-4-8-12;/h5-6,12-15H,2-4,7-11H2,1H3,(H2,17,18,19);1H.